The van der Waals surface area contributed by atoms with Crippen LogP contribution in [0.3, 0.4) is 0 Å². The first-order chi connectivity index (χ1) is 18.0. The second kappa shape index (κ2) is 12.3. The molecule has 10 heteroatoms. The number of nitrogens with zero attached hydrogens (tertiary/aromatic N) is 2. The van der Waals surface area contributed by atoms with Crippen molar-refractivity contribution in [2.75, 3.05) is 25.0 Å². The van der Waals surface area contributed by atoms with Crippen molar-refractivity contribution in [2.24, 2.45) is 0 Å². The number of amides is 2. The van der Waals surface area contributed by atoms with E-state index in [2.05, 4.69) is 5.32 Å². The Morgan fingerprint density at radius 2 is 1.66 bits per heavy atom. The van der Waals surface area contributed by atoms with E-state index in [9.17, 15) is 18.0 Å². The number of hydrogen-bond acceptors (Lipinski definition) is 5. The van der Waals surface area contributed by atoms with E-state index in [0.717, 1.165) is 15.4 Å². The summed E-state index contributed by atoms with van der Waals surface area (Å²) >= 11 is 6.14. The molecular formula is C28H32ClN3O5S. The first-order valence-corrected chi connectivity index (χ1v) is 13.8. The molecule has 3 rings (SSSR count). The number of anilines is 1. The molecule has 0 aliphatic carbocycles. The number of halogens is 1. The number of carbonyl (C=O) groups excluding carboxylic acids is 2. The van der Waals surface area contributed by atoms with Crippen molar-refractivity contribution in [3.8, 4) is 5.75 Å². The summed E-state index contributed by atoms with van der Waals surface area (Å²) in [5.41, 5.74) is 2.60. The van der Waals surface area contributed by atoms with Crippen LogP contribution in [0.1, 0.15) is 23.6 Å². The summed E-state index contributed by atoms with van der Waals surface area (Å²) in [6.45, 7) is 4.76. The van der Waals surface area contributed by atoms with Crippen LogP contribution in [0, 0.1) is 13.8 Å². The Morgan fingerprint density at radius 3 is 2.26 bits per heavy atom. The highest BCUT2D eigenvalue weighted by Gasteiger charge is 2.33. The minimum Gasteiger partial charge on any atom is -0.495 e. The molecule has 0 radical (unpaired) electrons. The lowest BCUT2D eigenvalue weighted by Crippen LogP contribution is -2.50. The van der Waals surface area contributed by atoms with Gasteiger partial charge in [-0.05, 0) is 68.3 Å². The van der Waals surface area contributed by atoms with Gasteiger partial charge in [-0.1, -0.05) is 47.5 Å². The van der Waals surface area contributed by atoms with Crippen molar-refractivity contribution >= 4 is 39.1 Å². The fourth-order valence-electron chi connectivity index (χ4n) is 3.97. The maximum atomic E-state index is 13.9. The normalized spacial score (nSPS) is 11.9. The lowest BCUT2D eigenvalue weighted by atomic mass is 10.1. The molecule has 8 nitrogen and oxygen atoms in total. The van der Waals surface area contributed by atoms with Gasteiger partial charge in [0, 0.05) is 18.6 Å². The molecule has 3 aromatic rings. The van der Waals surface area contributed by atoms with Crippen molar-refractivity contribution in [2.45, 2.75) is 38.3 Å². The van der Waals surface area contributed by atoms with Crippen LogP contribution >= 0.6 is 11.6 Å². The van der Waals surface area contributed by atoms with Crippen molar-refractivity contribution in [1.29, 1.82) is 0 Å². The first kappa shape index (κ1) is 29.0. The Hall–Kier alpha value is -3.56. The average Bonchev–Trinajstić information content (AvgIpc) is 2.89. The number of likely N-dealkylation sites (N-methyl/N-ethyl adjacent to an activating group) is 1. The Bertz CT molecular complexity index is 1410. The van der Waals surface area contributed by atoms with Crippen LogP contribution in [0.2, 0.25) is 5.02 Å². The fourth-order valence-corrected chi connectivity index (χ4v) is 5.60. The molecule has 0 heterocycles. The zero-order valence-electron chi connectivity index (χ0n) is 22.1. The molecule has 202 valence electrons. The van der Waals surface area contributed by atoms with Gasteiger partial charge in [-0.25, -0.2) is 8.42 Å². The van der Waals surface area contributed by atoms with Gasteiger partial charge < -0.3 is 15.0 Å². The average molecular weight is 558 g/mol. The monoisotopic (exact) mass is 557 g/mol. The molecule has 1 unspecified atom stereocenters. The first-order valence-electron chi connectivity index (χ1n) is 12.0. The molecule has 0 bridgehead atoms. The molecular weight excluding hydrogens is 526 g/mol. The number of aryl methyl sites for hydroxylation is 2. The number of benzene rings is 3. The number of ether oxygens (including phenoxy) is 1. The SMILES string of the molecule is CNC(=O)C(C)N(Cc1cccc(Cl)c1)C(=O)CN(c1cc(C)ccc1OC)S(=O)(=O)c1ccc(C)cc1. The van der Waals surface area contributed by atoms with Crippen molar-refractivity contribution in [3.63, 3.8) is 0 Å². The third kappa shape index (κ3) is 6.65. The maximum absolute atomic E-state index is 13.9. The van der Waals surface area contributed by atoms with E-state index in [-0.39, 0.29) is 23.0 Å². The molecule has 1 N–H and O–H groups in total. The van der Waals surface area contributed by atoms with Gasteiger partial charge >= 0.3 is 0 Å². The molecule has 3 aromatic carbocycles. The van der Waals surface area contributed by atoms with Crippen LogP contribution in [0.15, 0.2) is 71.6 Å². The summed E-state index contributed by atoms with van der Waals surface area (Å²) in [4.78, 5) is 27.8. The third-order valence-electron chi connectivity index (χ3n) is 6.15. The van der Waals surface area contributed by atoms with Crippen molar-refractivity contribution in [3.05, 3.63) is 88.4 Å². The third-order valence-corrected chi connectivity index (χ3v) is 8.16. The molecule has 0 aromatic heterocycles. The van der Waals surface area contributed by atoms with Crippen LogP contribution in [0.25, 0.3) is 0 Å². The van der Waals surface area contributed by atoms with Crippen LogP contribution in [-0.4, -0.2) is 51.9 Å². The molecule has 0 fully saturated rings. The van der Waals surface area contributed by atoms with Gasteiger partial charge in [0.05, 0.1) is 17.7 Å². The Balaban J connectivity index is 2.11. The summed E-state index contributed by atoms with van der Waals surface area (Å²) in [7, 11) is -1.28. The minimum absolute atomic E-state index is 0.0280. The van der Waals surface area contributed by atoms with E-state index < -0.39 is 28.5 Å². The van der Waals surface area contributed by atoms with Crippen molar-refractivity contribution in [1.82, 2.24) is 10.2 Å². The Labute approximate surface area is 229 Å². The van der Waals surface area contributed by atoms with E-state index in [1.807, 2.05) is 13.8 Å². The number of rotatable bonds is 10. The highest BCUT2D eigenvalue weighted by atomic mass is 35.5. The van der Waals surface area contributed by atoms with Gasteiger partial charge in [-0.2, -0.15) is 0 Å². The smallest absolute Gasteiger partial charge is 0.264 e. The van der Waals surface area contributed by atoms with Crippen LogP contribution in [0.4, 0.5) is 5.69 Å². The fraction of sp³-hybridized carbons (Fsp3) is 0.286. The summed E-state index contributed by atoms with van der Waals surface area (Å²) in [6.07, 6.45) is 0. The van der Waals surface area contributed by atoms with Gasteiger partial charge in [-0.15, -0.1) is 0 Å². The Kier molecular flexibility index (Phi) is 9.40. The molecule has 0 spiro atoms. The molecule has 0 saturated carbocycles. The highest BCUT2D eigenvalue weighted by molar-refractivity contribution is 7.92. The summed E-state index contributed by atoms with van der Waals surface area (Å²) in [5.74, 6) is -0.665. The number of sulfonamides is 1. The van der Waals surface area contributed by atoms with Crippen molar-refractivity contribution < 1.29 is 22.7 Å². The molecule has 0 aliphatic heterocycles. The number of hydrogen-bond donors (Lipinski definition) is 1. The predicted octanol–water partition coefficient (Wildman–Crippen LogP) is 4.32. The molecule has 1 atom stereocenters. The topological polar surface area (TPSA) is 96.0 Å². The summed E-state index contributed by atoms with van der Waals surface area (Å²) in [6, 6.07) is 17.5. The quantitative estimate of drug-likeness (QED) is 0.400. The Morgan fingerprint density at radius 1 is 1.00 bits per heavy atom. The standard InChI is InChI=1S/C28H32ClN3O5S/c1-19-9-12-24(13-10-19)38(35,36)32(25-15-20(2)11-14-26(25)37-5)18-27(33)31(21(3)28(34)30-4)17-22-7-6-8-23(29)16-22/h6-16,21H,17-18H2,1-5H3,(H,30,34). The van der Waals surface area contributed by atoms with E-state index in [0.29, 0.717) is 16.3 Å². The van der Waals surface area contributed by atoms with E-state index >= 15 is 0 Å². The van der Waals surface area contributed by atoms with E-state index in [1.165, 1.54) is 31.2 Å². The van der Waals surface area contributed by atoms with Gasteiger partial charge in [0.25, 0.3) is 10.0 Å². The molecule has 0 saturated heterocycles. The van der Waals surface area contributed by atoms with E-state index in [4.69, 9.17) is 16.3 Å². The minimum atomic E-state index is -4.20. The largest absolute Gasteiger partial charge is 0.495 e. The lowest BCUT2D eigenvalue weighted by Gasteiger charge is -2.32. The van der Waals surface area contributed by atoms with Gasteiger partial charge in [0.1, 0.15) is 18.3 Å². The van der Waals surface area contributed by atoms with Crippen LogP contribution in [-0.2, 0) is 26.2 Å². The summed E-state index contributed by atoms with van der Waals surface area (Å²) in [5, 5.41) is 3.04. The predicted molar refractivity (Wildman–Crippen MR) is 149 cm³/mol. The second-order valence-corrected chi connectivity index (χ2v) is 11.2. The molecule has 0 aliphatic rings. The zero-order chi connectivity index (χ0) is 28.0. The van der Waals surface area contributed by atoms with Gasteiger partial charge in [0.15, 0.2) is 0 Å². The van der Waals surface area contributed by atoms with Crippen LogP contribution < -0.4 is 14.4 Å². The number of carbonyl (C=O) groups is 2. The van der Waals surface area contributed by atoms with Crippen LogP contribution in [0.5, 0.6) is 5.75 Å². The summed E-state index contributed by atoms with van der Waals surface area (Å²) < 4.78 is 34.4. The number of methoxy groups -OCH3 is 1. The molecule has 2 amide bonds. The lowest BCUT2D eigenvalue weighted by molar-refractivity contribution is -0.139. The highest BCUT2D eigenvalue weighted by Crippen LogP contribution is 2.34. The zero-order valence-corrected chi connectivity index (χ0v) is 23.6. The van der Waals surface area contributed by atoms with Gasteiger partial charge in [0.2, 0.25) is 11.8 Å². The maximum Gasteiger partial charge on any atom is 0.264 e. The van der Waals surface area contributed by atoms with Gasteiger partial charge in [-0.3, -0.25) is 13.9 Å². The molecule has 38 heavy (non-hydrogen) atoms. The number of nitrogens with one attached hydrogen (secondary N) is 1. The second-order valence-electron chi connectivity index (χ2n) is 8.94. The van der Waals surface area contributed by atoms with E-state index in [1.54, 1.807) is 61.5 Å².